The molecule has 1 heterocycles. The summed E-state index contributed by atoms with van der Waals surface area (Å²) in [5.74, 6) is 0.325. The molecular weight excluding hydrogens is 242 g/mol. The third-order valence-electron chi connectivity index (χ3n) is 4.07. The molecule has 2 atom stereocenters. The smallest absolute Gasteiger partial charge is 0.243 e. The van der Waals surface area contributed by atoms with Crippen LogP contribution >= 0.6 is 0 Å². The van der Waals surface area contributed by atoms with E-state index in [1.807, 2.05) is 13.8 Å². The third kappa shape index (κ3) is 3.69. The standard InChI is InChI=1S/C14H25N3O2/c1-9(2)11(15)8-13(18)17-7-3-4-12(17)14(19)16-10-5-6-10/h9-12H,3-8,15H2,1-2H3,(H,16,19). The lowest BCUT2D eigenvalue weighted by Crippen LogP contribution is -2.48. The molecule has 0 aromatic heterocycles. The van der Waals surface area contributed by atoms with Crippen LogP contribution in [0.15, 0.2) is 0 Å². The van der Waals surface area contributed by atoms with Crippen LogP contribution in [0, 0.1) is 5.92 Å². The minimum absolute atomic E-state index is 0.0199. The zero-order valence-corrected chi connectivity index (χ0v) is 11.9. The number of nitrogens with two attached hydrogens (primary N) is 1. The second-order valence-corrected chi connectivity index (χ2v) is 6.14. The van der Waals surface area contributed by atoms with Crippen molar-refractivity contribution in [3.63, 3.8) is 0 Å². The summed E-state index contributed by atoms with van der Waals surface area (Å²) in [6, 6.07) is -0.0457. The van der Waals surface area contributed by atoms with Gasteiger partial charge in [0.05, 0.1) is 0 Å². The number of amides is 2. The van der Waals surface area contributed by atoms with Crippen LogP contribution in [0.25, 0.3) is 0 Å². The summed E-state index contributed by atoms with van der Waals surface area (Å²) in [5.41, 5.74) is 5.95. The van der Waals surface area contributed by atoms with E-state index in [2.05, 4.69) is 5.32 Å². The number of hydrogen-bond acceptors (Lipinski definition) is 3. The first kappa shape index (κ1) is 14.3. The van der Waals surface area contributed by atoms with Gasteiger partial charge >= 0.3 is 0 Å². The molecule has 2 unspecified atom stereocenters. The van der Waals surface area contributed by atoms with Crippen LogP contribution in [0.1, 0.15) is 46.0 Å². The van der Waals surface area contributed by atoms with Crippen LogP contribution < -0.4 is 11.1 Å². The van der Waals surface area contributed by atoms with Gasteiger partial charge < -0.3 is 16.0 Å². The maximum absolute atomic E-state index is 12.2. The molecular formula is C14H25N3O2. The summed E-state index contributed by atoms with van der Waals surface area (Å²) in [4.78, 5) is 26.1. The largest absolute Gasteiger partial charge is 0.352 e. The van der Waals surface area contributed by atoms with Crippen LogP contribution in [-0.2, 0) is 9.59 Å². The molecule has 1 saturated carbocycles. The number of nitrogens with zero attached hydrogens (tertiary/aromatic N) is 1. The summed E-state index contributed by atoms with van der Waals surface area (Å²) in [6.07, 6.45) is 4.17. The number of nitrogens with one attached hydrogen (secondary N) is 1. The quantitative estimate of drug-likeness (QED) is 0.767. The van der Waals surface area contributed by atoms with Crippen molar-refractivity contribution in [2.24, 2.45) is 11.7 Å². The zero-order valence-electron chi connectivity index (χ0n) is 11.9. The first-order valence-corrected chi connectivity index (χ1v) is 7.34. The number of carbonyl (C=O) groups excluding carboxylic acids is 2. The fourth-order valence-electron chi connectivity index (χ4n) is 2.42. The van der Waals surface area contributed by atoms with E-state index in [0.29, 0.717) is 19.0 Å². The van der Waals surface area contributed by atoms with E-state index in [9.17, 15) is 9.59 Å². The van der Waals surface area contributed by atoms with Gasteiger partial charge in [-0.15, -0.1) is 0 Å². The van der Waals surface area contributed by atoms with Crippen molar-refractivity contribution in [3.05, 3.63) is 0 Å². The molecule has 2 fully saturated rings. The van der Waals surface area contributed by atoms with E-state index in [4.69, 9.17) is 5.73 Å². The van der Waals surface area contributed by atoms with Crippen LogP contribution in [0.3, 0.4) is 0 Å². The van der Waals surface area contributed by atoms with Gasteiger partial charge in [0.15, 0.2) is 0 Å². The highest BCUT2D eigenvalue weighted by Gasteiger charge is 2.36. The van der Waals surface area contributed by atoms with Crippen molar-refractivity contribution in [2.45, 2.75) is 64.1 Å². The lowest BCUT2D eigenvalue weighted by Gasteiger charge is -2.26. The van der Waals surface area contributed by atoms with Crippen molar-refractivity contribution in [3.8, 4) is 0 Å². The number of hydrogen-bond donors (Lipinski definition) is 2. The predicted molar refractivity (Wildman–Crippen MR) is 73.3 cm³/mol. The molecule has 2 aliphatic rings. The Labute approximate surface area is 114 Å². The van der Waals surface area contributed by atoms with Crippen LogP contribution in [0.4, 0.5) is 0 Å². The fraction of sp³-hybridized carbons (Fsp3) is 0.857. The molecule has 0 aromatic rings. The average Bonchev–Trinajstić information content (AvgIpc) is 3.02. The first-order valence-electron chi connectivity index (χ1n) is 7.34. The Morgan fingerprint density at radius 3 is 2.58 bits per heavy atom. The van der Waals surface area contributed by atoms with Gasteiger partial charge in [0, 0.05) is 25.0 Å². The second kappa shape index (κ2) is 5.90. The van der Waals surface area contributed by atoms with Crippen molar-refractivity contribution >= 4 is 11.8 Å². The Morgan fingerprint density at radius 1 is 1.32 bits per heavy atom. The molecule has 0 spiro atoms. The maximum atomic E-state index is 12.2. The van der Waals surface area contributed by atoms with E-state index >= 15 is 0 Å². The maximum Gasteiger partial charge on any atom is 0.243 e. The zero-order chi connectivity index (χ0) is 14.0. The molecule has 1 saturated heterocycles. The van der Waals surface area contributed by atoms with Gasteiger partial charge in [0.1, 0.15) is 6.04 Å². The van der Waals surface area contributed by atoms with E-state index in [1.165, 1.54) is 0 Å². The predicted octanol–water partition coefficient (Wildman–Crippen LogP) is 0.629. The van der Waals surface area contributed by atoms with Gasteiger partial charge in [0.2, 0.25) is 11.8 Å². The number of carbonyl (C=O) groups is 2. The molecule has 2 amide bonds. The molecule has 108 valence electrons. The molecule has 5 heteroatoms. The summed E-state index contributed by atoms with van der Waals surface area (Å²) in [5, 5.41) is 2.99. The van der Waals surface area contributed by atoms with Gasteiger partial charge in [-0.25, -0.2) is 0 Å². The Morgan fingerprint density at radius 2 is 2.00 bits per heavy atom. The van der Waals surface area contributed by atoms with Crippen molar-refractivity contribution in [1.82, 2.24) is 10.2 Å². The van der Waals surface area contributed by atoms with E-state index in [0.717, 1.165) is 25.7 Å². The van der Waals surface area contributed by atoms with Gasteiger partial charge in [0.25, 0.3) is 0 Å². The number of rotatable bonds is 5. The highest BCUT2D eigenvalue weighted by Crippen LogP contribution is 2.23. The minimum Gasteiger partial charge on any atom is -0.352 e. The monoisotopic (exact) mass is 267 g/mol. The molecule has 19 heavy (non-hydrogen) atoms. The topological polar surface area (TPSA) is 75.4 Å². The normalized spacial score (nSPS) is 24.6. The summed E-state index contributed by atoms with van der Waals surface area (Å²) >= 11 is 0. The Kier molecular flexibility index (Phi) is 4.45. The van der Waals surface area contributed by atoms with Crippen molar-refractivity contribution in [2.75, 3.05) is 6.54 Å². The molecule has 0 aromatic carbocycles. The van der Waals surface area contributed by atoms with Gasteiger partial charge in [-0.05, 0) is 31.6 Å². The Balaban J connectivity index is 1.89. The van der Waals surface area contributed by atoms with Crippen molar-refractivity contribution in [1.29, 1.82) is 0 Å². The fourth-order valence-corrected chi connectivity index (χ4v) is 2.42. The highest BCUT2D eigenvalue weighted by molar-refractivity contribution is 5.88. The van der Waals surface area contributed by atoms with Gasteiger partial charge in [-0.3, -0.25) is 9.59 Å². The summed E-state index contributed by atoms with van der Waals surface area (Å²) < 4.78 is 0. The minimum atomic E-state index is -0.271. The molecule has 5 nitrogen and oxygen atoms in total. The van der Waals surface area contributed by atoms with Crippen LogP contribution in [0.2, 0.25) is 0 Å². The van der Waals surface area contributed by atoms with Gasteiger partial charge in [-0.2, -0.15) is 0 Å². The summed E-state index contributed by atoms with van der Waals surface area (Å²) in [7, 11) is 0. The SMILES string of the molecule is CC(C)C(N)CC(=O)N1CCCC1C(=O)NC1CC1. The Bertz CT molecular complexity index is 353. The molecule has 1 aliphatic heterocycles. The Hall–Kier alpha value is -1.10. The lowest BCUT2D eigenvalue weighted by molar-refractivity contribution is -0.138. The van der Waals surface area contributed by atoms with Crippen LogP contribution in [-0.4, -0.2) is 41.4 Å². The highest BCUT2D eigenvalue weighted by atomic mass is 16.2. The first-order chi connectivity index (χ1) is 8.99. The molecule has 2 rings (SSSR count). The molecule has 0 bridgehead atoms. The summed E-state index contributed by atoms with van der Waals surface area (Å²) in [6.45, 7) is 4.71. The van der Waals surface area contributed by atoms with Crippen molar-refractivity contribution < 1.29 is 9.59 Å². The second-order valence-electron chi connectivity index (χ2n) is 6.14. The van der Waals surface area contributed by atoms with E-state index in [1.54, 1.807) is 4.90 Å². The molecule has 0 radical (unpaired) electrons. The van der Waals surface area contributed by atoms with E-state index in [-0.39, 0.29) is 29.8 Å². The van der Waals surface area contributed by atoms with Crippen LogP contribution in [0.5, 0.6) is 0 Å². The molecule has 3 N–H and O–H groups in total. The van der Waals surface area contributed by atoms with Gasteiger partial charge in [-0.1, -0.05) is 13.8 Å². The average molecular weight is 267 g/mol. The number of likely N-dealkylation sites (tertiary alicyclic amines) is 1. The third-order valence-corrected chi connectivity index (χ3v) is 4.07. The molecule has 1 aliphatic carbocycles. The lowest BCUT2D eigenvalue weighted by atomic mass is 10.0. The van der Waals surface area contributed by atoms with E-state index < -0.39 is 0 Å².